The molecular weight excluding hydrogens is 192 g/mol. The Morgan fingerprint density at radius 2 is 2.07 bits per heavy atom. The molecule has 0 fully saturated rings. The molecule has 0 aliphatic rings. The molecule has 0 radical (unpaired) electrons. The summed E-state index contributed by atoms with van der Waals surface area (Å²) in [5.41, 5.74) is -0.962. The second kappa shape index (κ2) is 3.28. The third kappa shape index (κ3) is 1.70. The quantitative estimate of drug-likeness (QED) is 0.821. The van der Waals surface area contributed by atoms with Crippen molar-refractivity contribution in [3.05, 3.63) is 30.2 Å². The van der Waals surface area contributed by atoms with Crippen molar-refractivity contribution >= 4 is 10.8 Å². The van der Waals surface area contributed by atoms with Gasteiger partial charge in [-0.15, -0.1) is 0 Å². The van der Waals surface area contributed by atoms with Gasteiger partial charge in [-0.05, 0) is 32.0 Å². The lowest BCUT2D eigenvalue weighted by molar-refractivity contribution is 0.0560. The molecule has 0 amide bonds. The highest BCUT2D eigenvalue weighted by Crippen LogP contribution is 2.31. The van der Waals surface area contributed by atoms with Gasteiger partial charge in [-0.25, -0.2) is 0 Å². The second-order valence-corrected chi connectivity index (χ2v) is 4.08. The standard InChI is InChI=1S/C12H14O3/c1-12(2,13)11-10-5-4-9(14-3)6-8(10)7-15-11/h4-7,13H,1-3H3. The lowest BCUT2D eigenvalue weighted by atomic mass is 10.0. The minimum atomic E-state index is -0.962. The highest BCUT2D eigenvalue weighted by molar-refractivity contribution is 5.86. The Hall–Kier alpha value is -1.48. The van der Waals surface area contributed by atoms with E-state index >= 15 is 0 Å². The number of methoxy groups -OCH3 is 1. The van der Waals surface area contributed by atoms with Gasteiger partial charge in [0.05, 0.1) is 13.4 Å². The summed E-state index contributed by atoms with van der Waals surface area (Å²) >= 11 is 0. The van der Waals surface area contributed by atoms with Crippen molar-refractivity contribution in [3.8, 4) is 5.75 Å². The Labute approximate surface area is 88.3 Å². The maximum atomic E-state index is 9.88. The molecule has 0 bridgehead atoms. The van der Waals surface area contributed by atoms with E-state index in [1.54, 1.807) is 27.2 Å². The first-order chi connectivity index (χ1) is 7.02. The predicted octanol–water partition coefficient (Wildman–Crippen LogP) is 2.67. The summed E-state index contributed by atoms with van der Waals surface area (Å²) in [6.45, 7) is 3.41. The monoisotopic (exact) mass is 206 g/mol. The number of rotatable bonds is 2. The van der Waals surface area contributed by atoms with Gasteiger partial charge in [-0.1, -0.05) is 0 Å². The molecule has 1 aromatic heterocycles. The number of hydrogen-bond donors (Lipinski definition) is 1. The summed E-state index contributed by atoms with van der Waals surface area (Å²) in [6.07, 6.45) is 1.63. The van der Waals surface area contributed by atoms with Crippen LogP contribution in [-0.2, 0) is 5.60 Å². The third-order valence-electron chi connectivity index (χ3n) is 2.36. The highest BCUT2D eigenvalue weighted by atomic mass is 16.5. The average molecular weight is 206 g/mol. The smallest absolute Gasteiger partial charge is 0.142 e. The van der Waals surface area contributed by atoms with Gasteiger partial charge in [0.1, 0.15) is 17.1 Å². The largest absolute Gasteiger partial charge is 0.497 e. The van der Waals surface area contributed by atoms with Gasteiger partial charge >= 0.3 is 0 Å². The maximum absolute atomic E-state index is 9.88. The fourth-order valence-electron chi connectivity index (χ4n) is 1.63. The molecule has 0 spiro atoms. The zero-order valence-corrected chi connectivity index (χ0v) is 9.07. The lowest BCUT2D eigenvalue weighted by Gasteiger charge is -2.14. The van der Waals surface area contributed by atoms with Crippen molar-refractivity contribution in [2.24, 2.45) is 0 Å². The van der Waals surface area contributed by atoms with E-state index in [1.165, 1.54) is 0 Å². The summed E-state index contributed by atoms with van der Waals surface area (Å²) in [4.78, 5) is 0. The Morgan fingerprint density at radius 3 is 2.67 bits per heavy atom. The molecule has 2 rings (SSSR count). The van der Waals surface area contributed by atoms with Crippen LogP contribution >= 0.6 is 0 Å². The first-order valence-electron chi connectivity index (χ1n) is 4.80. The van der Waals surface area contributed by atoms with E-state index in [-0.39, 0.29) is 0 Å². The van der Waals surface area contributed by atoms with Crippen molar-refractivity contribution in [2.75, 3.05) is 7.11 Å². The molecule has 15 heavy (non-hydrogen) atoms. The van der Waals surface area contributed by atoms with Gasteiger partial charge in [0.2, 0.25) is 0 Å². The van der Waals surface area contributed by atoms with E-state index < -0.39 is 5.60 Å². The SMILES string of the molecule is COc1ccc2c(C(C)(C)O)occ2c1. The summed E-state index contributed by atoms with van der Waals surface area (Å²) in [5.74, 6) is 1.37. The van der Waals surface area contributed by atoms with Crippen LogP contribution in [0, 0.1) is 0 Å². The van der Waals surface area contributed by atoms with E-state index in [0.29, 0.717) is 5.76 Å². The number of fused-ring (bicyclic) bond motifs is 1. The van der Waals surface area contributed by atoms with E-state index in [9.17, 15) is 5.11 Å². The predicted molar refractivity (Wildman–Crippen MR) is 58.0 cm³/mol. The number of aliphatic hydroxyl groups is 1. The first kappa shape index (κ1) is 10.1. The lowest BCUT2D eigenvalue weighted by Crippen LogP contribution is -2.14. The Kier molecular flexibility index (Phi) is 2.20. The van der Waals surface area contributed by atoms with Crippen LogP contribution in [0.1, 0.15) is 19.6 Å². The minimum Gasteiger partial charge on any atom is -0.497 e. The Morgan fingerprint density at radius 1 is 1.33 bits per heavy atom. The molecule has 0 unspecified atom stereocenters. The second-order valence-electron chi connectivity index (χ2n) is 4.08. The van der Waals surface area contributed by atoms with E-state index in [2.05, 4.69) is 0 Å². The minimum absolute atomic E-state index is 0.583. The van der Waals surface area contributed by atoms with E-state index in [1.807, 2.05) is 18.2 Å². The van der Waals surface area contributed by atoms with Crippen molar-refractivity contribution in [3.63, 3.8) is 0 Å². The van der Waals surface area contributed by atoms with Crippen molar-refractivity contribution in [2.45, 2.75) is 19.4 Å². The van der Waals surface area contributed by atoms with Crippen LogP contribution < -0.4 is 4.74 Å². The summed E-state index contributed by atoms with van der Waals surface area (Å²) in [6, 6.07) is 5.63. The van der Waals surface area contributed by atoms with Gasteiger partial charge in [-0.3, -0.25) is 0 Å². The van der Waals surface area contributed by atoms with Crippen molar-refractivity contribution in [1.29, 1.82) is 0 Å². The molecular formula is C12H14O3. The summed E-state index contributed by atoms with van der Waals surface area (Å²) in [5, 5.41) is 11.7. The van der Waals surface area contributed by atoms with Gasteiger partial charge in [0, 0.05) is 10.8 Å². The normalized spacial score (nSPS) is 12.0. The van der Waals surface area contributed by atoms with E-state index in [0.717, 1.165) is 16.5 Å². The zero-order valence-electron chi connectivity index (χ0n) is 9.07. The molecule has 2 aromatic rings. The van der Waals surface area contributed by atoms with Crippen molar-refractivity contribution in [1.82, 2.24) is 0 Å². The third-order valence-corrected chi connectivity index (χ3v) is 2.36. The molecule has 3 heteroatoms. The number of ether oxygens (including phenoxy) is 1. The van der Waals surface area contributed by atoms with Crippen molar-refractivity contribution < 1.29 is 14.3 Å². The number of furan rings is 1. The highest BCUT2D eigenvalue weighted by Gasteiger charge is 2.23. The zero-order chi connectivity index (χ0) is 11.1. The van der Waals surface area contributed by atoms with Crippen LogP contribution in [-0.4, -0.2) is 12.2 Å². The van der Waals surface area contributed by atoms with Crippen LogP contribution in [0.25, 0.3) is 10.8 Å². The fourth-order valence-corrected chi connectivity index (χ4v) is 1.63. The molecule has 0 aliphatic heterocycles. The molecule has 0 saturated heterocycles. The summed E-state index contributed by atoms with van der Waals surface area (Å²) in [7, 11) is 1.62. The molecule has 0 saturated carbocycles. The van der Waals surface area contributed by atoms with Gasteiger partial charge < -0.3 is 14.3 Å². The average Bonchev–Trinajstić information content (AvgIpc) is 2.59. The summed E-state index contributed by atoms with van der Waals surface area (Å²) < 4.78 is 10.5. The maximum Gasteiger partial charge on any atom is 0.142 e. The van der Waals surface area contributed by atoms with Gasteiger partial charge in [0.25, 0.3) is 0 Å². The van der Waals surface area contributed by atoms with E-state index in [4.69, 9.17) is 9.15 Å². The molecule has 0 aliphatic carbocycles. The Bertz CT molecular complexity index is 477. The van der Waals surface area contributed by atoms with Gasteiger partial charge in [0.15, 0.2) is 0 Å². The van der Waals surface area contributed by atoms with Crippen LogP contribution in [0.5, 0.6) is 5.75 Å². The topological polar surface area (TPSA) is 42.6 Å². The Balaban J connectivity index is 2.62. The first-order valence-corrected chi connectivity index (χ1v) is 4.80. The van der Waals surface area contributed by atoms with Crippen LogP contribution in [0.15, 0.2) is 28.9 Å². The van der Waals surface area contributed by atoms with Gasteiger partial charge in [-0.2, -0.15) is 0 Å². The molecule has 3 nitrogen and oxygen atoms in total. The fraction of sp³-hybridized carbons (Fsp3) is 0.333. The molecule has 80 valence electrons. The van der Waals surface area contributed by atoms with Crippen LogP contribution in [0.2, 0.25) is 0 Å². The molecule has 1 N–H and O–H groups in total. The van der Waals surface area contributed by atoms with Crippen LogP contribution in [0.4, 0.5) is 0 Å². The van der Waals surface area contributed by atoms with Crippen LogP contribution in [0.3, 0.4) is 0 Å². The molecule has 1 aromatic carbocycles. The number of benzene rings is 1. The number of hydrogen-bond acceptors (Lipinski definition) is 3. The molecule has 1 heterocycles. The molecule has 0 atom stereocenters.